The predicted molar refractivity (Wildman–Crippen MR) is 113 cm³/mol. The van der Waals surface area contributed by atoms with Crippen LogP contribution in [0.15, 0.2) is 64.1 Å². The van der Waals surface area contributed by atoms with Crippen molar-refractivity contribution < 1.29 is 17.9 Å². The monoisotopic (exact) mass is 477 g/mol. The number of methoxy groups -OCH3 is 1. The van der Waals surface area contributed by atoms with Gasteiger partial charge in [-0.05, 0) is 59.3 Å². The largest absolute Gasteiger partial charge is 0.573 e. The summed E-state index contributed by atoms with van der Waals surface area (Å²) in [4.78, 5) is 12.5. The molecule has 2 aromatic carbocycles. The normalized spacial score (nSPS) is 11.1. The summed E-state index contributed by atoms with van der Waals surface area (Å²) in [5.74, 6) is 0.257. The molecule has 0 fully saturated rings. The molecule has 0 bridgehead atoms. The van der Waals surface area contributed by atoms with Crippen molar-refractivity contribution in [2.24, 2.45) is 0 Å². The van der Waals surface area contributed by atoms with E-state index in [4.69, 9.17) is 4.74 Å². The lowest BCUT2D eigenvalue weighted by molar-refractivity contribution is 0.101. The maximum absolute atomic E-state index is 12.5. The number of rotatable bonds is 7. The van der Waals surface area contributed by atoms with E-state index < -0.39 is 10.0 Å². The topological polar surface area (TPSA) is 104 Å². The van der Waals surface area contributed by atoms with Gasteiger partial charge in [0.05, 0.1) is 22.7 Å². The number of ether oxygens (including phenoxy) is 1. The van der Waals surface area contributed by atoms with E-state index in [0.29, 0.717) is 33.8 Å². The molecule has 0 spiro atoms. The Bertz CT molecular complexity index is 1110. The molecule has 0 aliphatic carbocycles. The van der Waals surface area contributed by atoms with E-state index >= 15 is 0 Å². The fourth-order valence-corrected chi connectivity index (χ4v) is 4.02. The number of aryl methyl sites for hydroxylation is 1. The zero-order valence-corrected chi connectivity index (χ0v) is 18.1. The summed E-state index contributed by atoms with van der Waals surface area (Å²) in [6, 6.07) is 12.2. The number of nitrogens with zero attached hydrogens (tertiary/aromatic N) is 3. The molecule has 0 saturated heterocycles. The SMILES string of the molecule is CCn1ncc(Br)c1C(=O)Nc1ccc(S(=O)(=O)[N-]c2ccc(OC)cc2)cc1. The fourth-order valence-electron chi connectivity index (χ4n) is 2.56. The number of aromatic nitrogens is 2. The highest BCUT2D eigenvalue weighted by molar-refractivity contribution is 9.10. The lowest BCUT2D eigenvalue weighted by Gasteiger charge is -2.22. The zero-order valence-electron chi connectivity index (χ0n) is 15.7. The summed E-state index contributed by atoms with van der Waals surface area (Å²) >= 11 is 3.31. The van der Waals surface area contributed by atoms with E-state index in [2.05, 4.69) is 31.1 Å². The van der Waals surface area contributed by atoms with Gasteiger partial charge in [-0.1, -0.05) is 12.1 Å². The van der Waals surface area contributed by atoms with Gasteiger partial charge in [0, 0.05) is 12.2 Å². The molecule has 0 saturated carbocycles. The van der Waals surface area contributed by atoms with Crippen molar-refractivity contribution in [1.29, 1.82) is 0 Å². The number of nitrogens with one attached hydrogen (secondary N) is 1. The van der Waals surface area contributed by atoms with Crippen molar-refractivity contribution in [3.8, 4) is 5.75 Å². The standard InChI is InChI=1S/C19H18BrN4O4S/c1-3-24-18(17(20)12-21-24)19(25)22-13-6-10-16(11-7-13)29(26,27)23-14-4-8-15(28-2)9-5-14/h4-12H,3H2,1-2H3,(H,22,25)/q-1. The molecule has 0 unspecified atom stereocenters. The van der Waals surface area contributed by atoms with Gasteiger partial charge < -0.3 is 14.8 Å². The molecule has 29 heavy (non-hydrogen) atoms. The van der Waals surface area contributed by atoms with Crippen LogP contribution in [0.1, 0.15) is 17.4 Å². The molecule has 1 amide bonds. The third kappa shape index (κ3) is 4.77. The van der Waals surface area contributed by atoms with Crippen LogP contribution >= 0.6 is 15.9 Å². The number of halogens is 1. The molecule has 8 nitrogen and oxygen atoms in total. The Kier molecular flexibility index (Phi) is 6.23. The van der Waals surface area contributed by atoms with Gasteiger partial charge >= 0.3 is 0 Å². The zero-order chi connectivity index (χ0) is 21.0. The van der Waals surface area contributed by atoms with Crippen molar-refractivity contribution in [1.82, 2.24) is 9.78 Å². The third-order valence-electron chi connectivity index (χ3n) is 4.02. The van der Waals surface area contributed by atoms with Crippen LogP contribution in [0.3, 0.4) is 0 Å². The van der Waals surface area contributed by atoms with Gasteiger partial charge in [0.15, 0.2) is 0 Å². The van der Waals surface area contributed by atoms with E-state index in [0.717, 1.165) is 0 Å². The van der Waals surface area contributed by atoms with Gasteiger partial charge in [-0.25, -0.2) is 8.42 Å². The Hall–Kier alpha value is -2.85. The molecule has 0 aliphatic heterocycles. The van der Waals surface area contributed by atoms with E-state index in [1.54, 1.807) is 35.1 Å². The molecule has 1 N–H and O–H groups in total. The highest BCUT2D eigenvalue weighted by atomic mass is 79.9. The first-order valence-electron chi connectivity index (χ1n) is 8.59. The maximum Gasteiger partial charge on any atom is 0.275 e. The predicted octanol–water partition coefficient (Wildman–Crippen LogP) is 4.32. The van der Waals surface area contributed by atoms with E-state index in [1.165, 1.54) is 31.4 Å². The first kappa shape index (κ1) is 20.9. The number of benzene rings is 2. The second kappa shape index (κ2) is 8.66. The van der Waals surface area contributed by atoms with E-state index in [-0.39, 0.29) is 10.8 Å². The summed E-state index contributed by atoms with van der Waals surface area (Å²) in [5, 5.41) is 6.84. The molecule has 3 aromatic rings. The van der Waals surface area contributed by atoms with Gasteiger partial charge in [0.25, 0.3) is 5.91 Å². The summed E-state index contributed by atoms with van der Waals surface area (Å²) in [6.45, 7) is 2.42. The number of anilines is 1. The Labute approximate surface area is 177 Å². The van der Waals surface area contributed by atoms with Crippen molar-refractivity contribution in [2.75, 3.05) is 12.4 Å². The lowest BCUT2D eigenvalue weighted by atomic mass is 10.3. The molecule has 1 heterocycles. The molecule has 10 heteroatoms. The molecule has 0 atom stereocenters. The van der Waals surface area contributed by atoms with Gasteiger partial charge in [-0.15, -0.1) is 5.69 Å². The second-order valence-electron chi connectivity index (χ2n) is 5.90. The van der Waals surface area contributed by atoms with Crippen molar-refractivity contribution >= 4 is 43.2 Å². The minimum absolute atomic E-state index is 0.0195. The molecule has 0 aliphatic rings. The Morgan fingerprint density at radius 2 is 1.83 bits per heavy atom. The van der Waals surface area contributed by atoms with Crippen LogP contribution in [-0.4, -0.2) is 31.2 Å². The lowest BCUT2D eigenvalue weighted by Crippen LogP contribution is -2.18. The van der Waals surface area contributed by atoms with Crippen LogP contribution in [-0.2, 0) is 16.6 Å². The fraction of sp³-hybridized carbons (Fsp3) is 0.158. The molecule has 1 aromatic heterocycles. The number of carbonyl (C=O) groups is 1. The van der Waals surface area contributed by atoms with Crippen LogP contribution in [0.5, 0.6) is 5.75 Å². The van der Waals surface area contributed by atoms with Crippen molar-refractivity contribution in [3.63, 3.8) is 0 Å². The Balaban J connectivity index is 1.73. The summed E-state index contributed by atoms with van der Waals surface area (Å²) < 4.78 is 36.0. The van der Waals surface area contributed by atoms with Gasteiger partial charge in [-0.2, -0.15) is 5.10 Å². The quantitative estimate of drug-likeness (QED) is 0.545. The highest BCUT2D eigenvalue weighted by Crippen LogP contribution is 2.29. The van der Waals surface area contributed by atoms with Gasteiger partial charge in [0.2, 0.25) is 0 Å². The van der Waals surface area contributed by atoms with Crippen LogP contribution in [0, 0.1) is 0 Å². The Morgan fingerprint density at radius 3 is 2.41 bits per heavy atom. The third-order valence-corrected chi connectivity index (χ3v) is 5.92. The second-order valence-corrected chi connectivity index (χ2v) is 8.36. The maximum atomic E-state index is 12.5. The summed E-state index contributed by atoms with van der Waals surface area (Å²) in [6.07, 6.45) is 1.55. The number of hydrogen-bond donors (Lipinski definition) is 1. The Morgan fingerprint density at radius 1 is 1.17 bits per heavy atom. The smallest absolute Gasteiger partial charge is 0.275 e. The van der Waals surface area contributed by atoms with Crippen molar-refractivity contribution in [2.45, 2.75) is 18.4 Å². The molecular weight excluding hydrogens is 460 g/mol. The summed E-state index contributed by atoms with van der Waals surface area (Å²) in [7, 11) is -2.36. The molecule has 0 radical (unpaired) electrons. The number of amides is 1. The average Bonchev–Trinajstić information content (AvgIpc) is 3.09. The first-order chi connectivity index (χ1) is 13.8. The van der Waals surface area contributed by atoms with E-state index in [9.17, 15) is 13.2 Å². The van der Waals surface area contributed by atoms with Gasteiger partial charge in [-0.3, -0.25) is 9.48 Å². The molecular formula is C19H18BrN4O4S-. The number of sulfonamides is 1. The van der Waals surface area contributed by atoms with Crippen molar-refractivity contribution in [3.05, 3.63) is 69.6 Å². The number of carbonyl (C=O) groups excluding carboxylic acids is 1. The average molecular weight is 478 g/mol. The van der Waals surface area contributed by atoms with Crippen LogP contribution in [0.25, 0.3) is 4.72 Å². The summed E-state index contributed by atoms with van der Waals surface area (Å²) in [5.41, 5.74) is 1.13. The minimum Gasteiger partial charge on any atom is -0.573 e. The molecule has 3 rings (SSSR count). The number of hydrogen-bond acceptors (Lipinski definition) is 5. The van der Waals surface area contributed by atoms with Crippen LogP contribution < -0.4 is 10.1 Å². The minimum atomic E-state index is -3.89. The first-order valence-corrected chi connectivity index (χ1v) is 10.8. The highest BCUT2D eigenvalue weighted by Gasteiger charge is 2.16. The van der Waals surface area contributed by atoms with Crippen LogP contribution in [0.4, 0.5) is 11.4 Å². The van der Waals surface area contributed by atoms with Gasteiger partial charge in [0.1, 0.15) is 21.5 Å². The van der Waals surface area contributed by atoms with Crippen LogP contribution in [0.2, 0.25) is 0 Å². The van der Waals surface area contributed by atoms with E-state index in [1.807, 2.05) is 6.92 Å². The molecule has 152 valence electrons.